The van der Waals surface area contributed by atoms with Crippen LogP contribution in [0.3, 0.4) is 0 Å². The zero-order chi connectivity index (χ0) is 29.0. The maximum Gasteiger partial charge on any atom is 0.418 e. The maximum atomic E-state index is 15.0. The molecule has 1 atom stereocenters. The van der Waals surface area contributed by atoms with Crippen LogP contribution in [0, 0.1) is 11.7 Å². The van der Waals surface area contributed by atoms with Gasteiger partial charge < -0.3 is 18.9 Å². The average molecular weight is 554 g/mol. The van der Waals surface area contributed by atoms with E-state index in [1.807, 2.05) is 13.8 Å². The highest BCUT2D eigenvalue weighted by atomic mass is 19.1. The van der Waals surface area contributed by atoms with Crippen molar-refractivity contribution < 1.29 is 28.1 Å². The molecule has 12 nitrogen and oxygen atoms in total. The number of aromatic nitrogens is 4. The summed E-state index contributed by atoms with van der Waals surface area (Å²) in [6, 6.07) is 8.66. The molecule has 0 aliphatic carbocycles. The molecule has 4 rings (SSSR count). The molecule has 2 aromatic carbocycles. The Hall–Kier alpha value is -4.94. The van der Waals surface area contributed by atoms with Crippen molar-refractivity contribution in [2.75, 3.05) is 19.5 Å². The number of benzene rings is 2. The van der Waals surface area contributed by atoms with Gasteiger partial charge in [-0.2, -0.15) is 0 Å². The summed E-state index contributed by atoms with van der Waals surface area (Å²) >= 11 is 0. The van der Waals surface area contributed by atoms with E-state index in [2.05, 4.69) is 15.4 Å². The van der Waals surface area contributed by atoms with Crippen LogP contribution in [-0.4, -0.2) is 39.6 Å². The molecular weight excluding hydrogens is 525 g/mol. The first-order valence-electron chi connectivity index (χ1n) is 12.3. The van der Waals surface area contributed by atoms with Gasteiger partial charge in [-0.05, 0) is 30.2 Å². The summed E-state index contributed by atoms with van der Waals surface area (Å²) in [6.07, 6.45) is 1.16. The van der Waals surface area contributed by atoms with Crippen molar-refractivity contribution in [2.24, 2.45) is 13.0 Å². The number of carbonyl (C=O) groups excluding carboxylic acids is 1. The molecule has 0 fully saturated rings. The standard InChI is InChI=1S/C27H28FN5O7/c1-6-15(2)14-33-25(34)24(31-32(3)27(33)36)40-26(35)30-16-7-8-21(18(28)11-16)39-20-9-10-29-19-13-23(38-5)22(37-4)12-17(19)20/h7-13,15H,6,14H2,1-5H3,(H,30,35). The molecule has 0 bridgehead atoms. The first-order chi connectivity index (χ1) is 19.1. The molecule has 0 saturated heterocycles. The molecule has 2 heterocycles. The van der Waals surface area contributed by atoms with Gasteiger partial charge in [-0.1, -0.05) is 20.3 Å². The molecule has 210 valence electrons. The van der Waals surface area contributed by atoms with E-state index in [0.717, 1.165) is 21.7 Å². The van der Waals surface area contributed by atoms with E-state index in [9.17, 15) is 18.8 Å². The number of nitrogens with one attached hydrogen (secondary N) is 1. The van der Waals surface area contributed by atoms with Crippen molar-refractivity contribution in [3.05, 3.63) is 69.3 Å². The SMILES string of the molecule is CCC(C)Cn1c(=O)c(OC(=O)Nc2ccc(Oc3ccnc4cc(OC)c(OC)cc34)c(F)c2)nn(C)c1=O. The van der Waals surface area contributed by atoms with Gasteiger partial charge in [-0.3, -0.25) is 19.7 Å². The summed E-state index contributed by atoms with van der Waals surface area (Å²) in [5, 5.41) is 6.65. The molecule has 2 aromatic heterocycles. The molecule has 1 unspecified atom stereocenters. The summed E-state index contributed by atoms with van der Waals surface area (Å²) in [4.78, 5) is 41.8. The van der Waals surface area contributed by atoms with Gasteiger partial charge in [0.25, 0.3) is 0 Å². The fraction of sp³-hybridized carbons (Fsp3) is 0.296. The van der Waals surface area contributed by atoms with E-state index in [1.54, 1.807) is 18.2 Å². The topological polar surface area (TPSA) is 136 Å². The number of anilines is 1. The number of ether oxygens (including phenoxy) is 4. The number of hydrogen-bond acceptors (Lipinski definition) is 9. The monoisotopic (exact) mass is 553 g/mol. The van der Waals surface area contributed by atoms with Crippen LogP contribution in [0.1, 0.15) is 20.3 Å². The lowest BCUT2D eigenvalue weighted by Gasteiger charge is -2.14. The second kappa shape index (κ2) is 11.8. The molecule has 4 aromatic rings. The number of nitrogens with zero attached hydrogens (tertiary/aromatic N) is 4. The third kappa shape index (κ3) is 5.87. The van der Waals surface area contributed by atoms with Crippen molar-refractivity contribution >= 4 is 22.7 Å². The molecular formula is C27H28FN5O7. The third-order valence-electron chi connectivity index (χ3n) is 6.16. The van der Waals surface area contributed by atoms with Crippen LogP contribution in [-0.2, 0) is 13.6 Å². The summed E-state index contributed by atoms with van der Waals surface area (Å²) < 4.78 is 38.3. The molecule has 0 saturated carbocycles. The summed E-state index contributed by atoms with van der Waals surface area (Å²) in [5.74, 6) is -0.192. The van der Waals surface area contributed by atoms with E-state index >= 15 is 0 Å². The van der Waals surface area contributed by atoms with Crippen LogP contribution in [0.4, 0.5) is 14.9 Å². The fourth-order valence-corrected chi connectivity index (χ4v) is 3.81. The fourth-order valence-electron chi connectivity index (χ4n) is 3.81. The minimum absolute atomic E-state index is 0.0330. The summed E-state index contributed by atoms with van der Waals surface area (Å²) in [5.41, 5.74) is -0.889. The molecule has 13 heteroatoms. The number of halogens is 1. The molecule has 40 heavy (non-hydrogen) atoms. The predicted octanol–water partition coefficient (Wildman–Crippen LogP) is 4.10. The van der Waals surface area contributed by atoms with E-state index in [0.29, 0.717) is 28.2 Å². The molecule has 0 aliphatic heterocycles. The third-order valence-corrected chi connectivity index (χ3v) is 6.16. The highest BCUT2D eigenvalue weighted by Crippen LogP contribution is 2.37. The van der Waals surface area contributed by atoms with Crippen LogP contribution in [0.5, 0.6) is 28.9 Å². The van der Waals surface area contributed by atoms with Crippen molar-refractivity contribution in [3.8, 4) is 28.9 Å². The number of carbonyl (C=O) groups is 1. The van der Waals surface area contributed by atoms with Gasteiger partial charge in [0.2, 0.25) is 0 Å². The van der Waals surface area contributed by atoms with Crippen molar-refractivity contribution in [3.63, 3.8) is 0 Å². The van der Waals surface area contributed by atoms with Crippen molar-refractivity contribution in [1.82, 2.24) is 19.3 Å². The molecule has 1 amide bonds. The quantitative estimate of drug-likeness (QED) is 0.325. The Labute approximate surface area is 227 Å². The van der Waals surface area contributed by atoms with E-state index in [1.165, 1.54) is 39.6 Å². The maximum absolute atomic E-state index is 15.0. The van der Waals surface area contributed by atoms with Crippen LogP contribution < -0.4 is 35.5 Å². The lowest BCUT2D eigenvalue weighted by atomic mass is 10.1. The Morgan fingerprint density at radius 2 is 1.77 bits per heavy atom. The Balaban J connectivity index is 1.52. The highest BCUT2D eigenvalue weighted by molar-refractivity contribution is 5.88. The van der Waals surface area contributed by atoms with Gasteiger partial charge in [0.15, 0.2) is 23.1 Å². The number of pyridine rings is 1. The lowest BCUT2D eigenvalue weighted by Crippen LogP contribution is -2.42. The zero-order valence-electron chi connectivity index (χ0n) is 22.6. The van der Waals surface area contributed by atoms with Crippen LogP contribution >= 0.6 is 0 Å². The molecule has 0 spiro atoms. The van der Waals surface area contributed by atoms with E-state index in [4.69, 9.17) is 18.9 Å². The Morgan fingerprint density at radius 1 is 1.05 bits per heavy atom. The molecule has 0 aliphatic rings. The smallest absolute Gasteiger partial charge is 0.418 e. The van der Waals surface area contributed by atoms with E-state index < -0.39 is 29.0 Å². The van der Waals surface area contributed by atoms with Crippen molar-refractivity contribution in [1.29, 1.82) is 0 Å². The Bertz CT molecular complexity index is 1680. The van der Waals surface area contributed by atoms with Gasteiger partial charge in [0.1, 0.15) is 5.75 Å². The predicted molar refractivity (Wildman–Crippen MR) is 144 cm³/mol. The van der Waals surface area contributed by atoms with Gasteiger partial charge >= 0.3 is 23.2 Å². The Morgan fingerprint density at radius 3 is 2.45 bits per heavy atom. The van der Waals surface area contributed by atoms with Gasteiger partial charge in [0.05, 0.1) is 19.7 Å². The minimum Gasteiger partial charge on any atom is -0.493 e. The van der Waals surface area contributed by atoms with Gasteiger partial charge in [-0.25, -0.2) is 18.7 Å². The first kappa shape index (κ1) is 28.1. The lowest BCUT2D eigenvalue weighted by molar-refractivity contribution is 0.210. The Kier molecular flexibility index (Phi) is 8.31. The molecule has 1 N–H and O–H groups in total. The number of fused-ring (bicyclic) bond motifs is 1. The largest absolute Gasteiger partial charge is 0.493 e. The number of hydrogen-bond donors (Lipinski definition) is 1. The number of amides is 1. The number of aryl methyl sites for hydroxylation is 1. The number of rotatable bonds is 9. The van der Waals surface area contributed by atoms with Crippen LogP contribution in [0.2, 0.25) is 0 Å². The normalized spacial score (nSPS) is 11.7. The molecule has 0 radical (unpaired) electrons. The minimum atomic E-state index is -1.09. The van der Waals surface area contributed by atoms with Crippen LogP contribution in [0.25, 0.3) is 10.9 Å². The number of methoxy groups -OCH3 is 2. The summed E-state index contributed by atoms with van der Waals surface area (Å²) in [6.45, 7) is 3.95. The van der Waals surface area contributed by atoms with Crippen LogP contribution in [0.15, 0.2) is 52.2 Å². The van der Waals surface area contributed by atoms with Gasteiger partial charge in [0, 0.05) is 43.0 Å². The average Bonchev–Trinajstić information content (AvgIpc) is 2.94. The summed E-state index contributed by atoms with van der Waals surface area (Å²) in [7, 11) is 4.34. The van der Waals surface area contributed by atoms with Crippen molar-refractivity contribution in [2.45, 2.75) is 26.8 Å². The van der Waals surface area contributed by atoms with Gasteiger partial charge in [-0.15, -0.1) is 5.10 Å². The second-order valence-electron chi connectivity index (χ2n) is 8.94. The first-order valence-corrected chi connectivity index (χ1v) is 12.3. The second-order valence-corrected chi connectivity index (χ2v) is 8.94. The highest BCUT2D eigenvalue weighted by Gasteiger charge is 2.19. The zero-order valence-corrected chi connectivity index (χ0v) is 22.6. The van der Waals surface area contributed by atoms with E-state index in [-0.39, 0.29) is 23.9 Å².